The van der Waals surface area contributed by atoms with Crippen LogP contribution in [0.5, 0.6) is 11.5 Å². The molecule has 0 spiro atoms. The van der Waals surface area contributed by atoms with Gasteiger partial charge in [-0.1, -0.05) is 0 Å². The molecular weight excluding hydrogens is 310 g/mol. The first kappa shape index (κ1) is 16.3. The largest absolute Gasteiger partial charge is 0.493 e. The zero-order chi connectivity index (χ0) is 17.3. The number of benzene rings is 1. The lowest BCUT2D eigenvalue weighted by atomic mass is 10.2. The van der Waals surface area contributed by atoms with Gasteiger partial charge >= 0.3 is 0 Å². The maximum absolute atomic E-state index is 12.8. The lowest BCUT2D eigenvalue weighted by Gasteiger charge is -2.13. The number of aromatic nitrogens is 2. The van der Waals surface area contributed by atoms with Gasteiger partial charge in [0.1, 0.15) is 5.82 Å². The van der Waals surface area contributed by atoms with Gasteiger partial charge < -0.3 is 14.8 Å². The second-order valence-electron chi connectivity index (χ2n) is 5.91. The Labute approximate surface area is 139 Å². The average molecular weight is 331 g/mol. The fourth-order valence-corrected chi connectivity index (χ4v) is 2.70. The van der Waals surface area contributed by atoms with E-state index in [0.29, 0.717) is 41.3 Å². The average Bonchev–Trinajstić information content (AvgIpc) is 3.41. The highest BCUT2D eigenvalue weighted by Crippen LogP contribution is 2.30. The topological polar surface area (TPSA) is 82.5 Å². The number of amides is 1. The van der Waals surface area contributed by atoms with E-state index in [1.165, 1.54) is 7.11 Å². The molecule has 1 aromatic heterocycles. The molecule has 1 aromatic carbocycles. The minimum atomic E-state index is -0.154. The normalized spacial score (nSPS) is 13.8. The number of fused-ring (bicyclic) bond motifs is 1. The Bertz CT molecular complexity index is 840. The number of hydrogen-bond acceptors (Lipinski definition) is 5. The van der Waals surface area contributed by atoms with Crippen LogP contribution in [-0.4, -0.2) is 36.2 Å². The Kier molecular flexibility index (Phi) is 4.42. The number of hydrogen-bond donors (Lipinski definition) is 1. The van der Waals surface area contributed by atoms with Gasteiger partial charge in [-0.25, -0.2) is 4.98 Å². The van der Waals surface area contributed by atoms with Crippen molar-refractivity contribution in [2.45, 2.75) is 26.3 Å². The molecule has 1 fully saturated rings. The van der Waals surface area contributed by atoms with Crippen LogP contribution >= 0.6 is 0 Å². The highest BCUT2D eigenvalue weighted by Gasteiger charge is 2.29. The second kappa shape index (κ2) is 6.51. The highest BCUT2D eigenvalue weighted by atomic mass is 16.5. The van der Waals surface area contributed by atoms with Gasteiger partial charge in [0, 0.05) is 25.1 Å². The van der Waals surface area contributed by atoms with Crippen LogP contribution in [0, 0.1) is 12.8 Å². The molecule has 0 radical (unpaired) electrons. The van der Waals surface area contributed by atoms with Crippen molar-refractivity contribution in [1.29, 1.82) is 0 Å². The first-order valence-corrected chi connectivity index (χ1v) is 7.96. The molecule has 24 heavy (non-hydrogen) atoms. The Hall–Kier alpha value is -2.57. The van der Waals surface area contributed by atoms with Crippen LogP contribution in [0.4, 0.5) is 0 Å². The number of ether oxygens (including phenoxy) is 2. The Morgan fingerprint density at radius 2 is 1.96 bits per heavy atom. The van der Waals surface area contributed by atoms with E-state index in [1.54, 1.807) is 30.7 Å². The molecule has 1 aliphatic rings. The molecule has 0 saturated heterocycles. The molecule has 0 unspecified atom stereocenters. The maximum Gasteiger partial charge on any atom is 0.261 e. The predicted molar refractivity (Wildman–Crippen MR) is 89.6 cm³/mol. The Morgan fingerprint density at radius 1 is 1.29 bits per heavy atom. The van der Waals surface area contributed by atoms with E-state index in [1.807, 2.05) is 0 Å². The van der Waals surface area contributed by atoms with E-state index in [-0.39, 0.29) is 17.4 Å². The molecular formula is C17H21N3O4. The lowest BCUT2D eigenvalue weighted by molar-refractivity contribution is -0.122. The van der Waals surface area contributed by atoms with Crippen molar-refractivity contribution in [3.63, 3.8) is 0 Å². The summed E-state index contributed by atoms with van der Waals surface area (Å²) in [6.07, 6.45) is 1.92. The first-order valence-electron chi connectivity index (χ1n) is 7.96. The maximum atomic E-state index is 12.8. The number of methoxy groups -OCH3 is 2. The molecule has 0 aliphatic heterocycles. The van der Waals surface area contributed by atoms with Crippen LogP contribution < -0.4 is 20.3 Å². The van der Waals surface area contributed by atoms with Crippen LogP contribution in [0.2, 0.25) is 0 Å². The summed E-state index contributed by atoms with van der Waals surface area (Å²) in [7, 11) is 3.07. The molecule has 1 saturated carbocycles. The summed E-state index contributed by atoms with van der Waals surface area (Å²) in [5.41, 5.74) is 0.410. The van der Waals surface area contributed by atoms with Crippen molar-refractivity contribution in [1.82, 2.24) is 14.9 Å². The van der Waals surface area contributed by atoms with Crippen molar-refractivity contribution in [3.05, 3.63) is 28.3 Å². The molecule has 1 aliphatic carbocycles. The Morgan fingerprint density at radius 3 is 2.58 bits per heavy atom. The third-order valence-electron chi connectivity index (χ3n) is 4.23. The van der Waals surface area contributed by atoms with E-state index in [9.17, 15) is 9.59 Å². The standard InChI is InChI=1S/C17H21N3O4/c1-10-19-13-9-15(24-3)14(23-2)8-12(13)17(22)20(10)7-6-18-16(21)11-4-5-11/h8-9,11H,4-7H2,1-3H3,(H,18,21). The molecule has 128 valence electrons. The lowest BCUT2D eigenvalue weighted by Crippen LogP contribution is -2.33. The molecule has 1 amide bonds. The molecule has 2 aromatic rings. The van der Waals surface area contributed by atoms with E-state index in [0.717, 1.165) is 12.8 Å². The van der Waals surface area contributed by atoms with Crippen LogP contribution in [0.25, 0.3) is 10.9 Å². The van der Waals surface area contributed by atoms with Gasteiger partial charge in [-0.05, 0) is 25.8 Å². The molecule has 0 atom stereocenters. The number of carbonyl (C=O) groups excluding carboxylic acids is 1. The summed E-state index contributed by atoms with van der Waals surface area (Å²) in [6.45, 7) is 2.58. The number of aryl methyl sites for hydroxylation is 1. The van der Waals surface area contributed by atoms with E-state index in [4.69, 9.17) is 9.47 Å². The molecule has 1 heterocycles. The third kappa shape index (κ3) is 3.06. The fourth-order valence-electron chi connectivity index (χ4n) is 2.70. The van der Waals surface area contributed by atoms with Gasteiger partial charge in [-0.2, -0.15) is 0 Å². The van der Waals surface area contributed by atoms with Gasteiger partial charge in [-0.3, -0.25) is 14.2 Å². The van der Waals surface area contributed by atoms with Crippen LogP contribution in [0.3, 0.4) is 0 Å². The fraction of sp³-hybridized carbons (Fsp3) is 0.471. The van der Waals surface area contributed by atoms with Gasteiger partial charge in [0.2, 0.25) is 5.91 Å². The van der Waals surface area contributed by atoms with E-state index >= 15 is 0 Å². The summed E-state index contributed by atoms with van der Waals surface area (Å²) < 4.78 is 12.1. The SMILES string of the molecule is COc1cc2nc(C)n(CCNC(=O)C3CC3)c(=O)c2cc1OC. The number of carbonyl (C=O) groups is 1. The molecule has 3 rings (SSSR count). The van der Waals surface area contributed by atoms with Crippen molar-refractivity contribution < 1.29 is 14.3 Å². The quantitative estimate of drug-likeness (QED) is 0.861. The molecule has 0 bridgehead atoms. The van der Waals surface area contributed by atoms with Crippen molar-refractivity contribution in [2.75, 3.05) is 20.8 Å². The molecule has 7 heteroatoms. The summed E-state index contributed by atoms with van der Waals surface area (Å²) in [5, 5.41) is 3.33. The van der Waals surface area contributed by atoms with Crippen LogP contribution in [0.1, 0.15) is 18.7 Å². The van der Waals surface area contributed by atoms with Gasteiger partial charge in [0.25, 0.3) is 5.56 Å². The van der Waals surface area contributed by atoms with Gasteiger partial charge in [0.05, 0.1) is 25.1 Å². The summed E-state index contributed by atoms with van der Waals surface area (Å²) in [4.78, 5) is 28.9. The first-order chi connectivity index (χ1) is 11.5. The minimum absolute atomic E-state index is 0.0702. The second-order valence-corrected chi connectivity index (χ2v) is 5.91. The van der Waals surface area contributed by atoms with Crippen molar-refractivity contribution >= 4 is 16.8 Å². The number of rotatable bonds is 6. The van der Waals surface area contributed by atoms with E-state index in [2.05, 4.69) is 10.3 Å². The summed E-state index contributed by atoms with van der Waals surface area (Å²) >= 11 is 0. The van der Waals surface area contributed by atoms with Crippen molar-refractivity contribution in [3.8, 4) is 11.5 Å². The monoisotopic (exact) mass is 331 g/mol. The zero-order valence-electron chi connectivity index (χ0n) is 14.1. The molecule has 7 nitrogen and oxygen atoms in total. The van der Waals surface area contributed by atoms with Gasteiger partial charge in [-0.15, -0.1) is 0 Å². The summed E-state index contributed by atoms with van der Waals surface area (Å²) in [6, 6.07) is 3.34. The molecule has 1 N–H and O–H groups in total. The minimum Gasteiger partial charge on any atom is -0.493 e. The zero-order valence-corrected chi connectivity index (χ0v) is 14.1. The third-order valence-corrected chi connectivity index (χ3v) is 4.23. The number of nitrogens with zero attached hydrogens (tertiary/aromatic N) is 2. The van der Waals surface area contributed by atoms with Crippen LogP contribution in [-0.2, 0) is 11.3 Å². The smallest absolute Gasteiger partial charge is 0.261 e. The number of nitrogens with one attached hydrogen (secondary N) is 1. The Balaban J connectivity index is 1.90. The van der Waals surface area contributed by atoms with E-state index < -0.39 is 0 Å². The predicted octanol–water partition coefficient (Wildman–Crippen LogP) is 1.25. The van der Waals surface area contributed by atoms with Gasteiger partial charge in [0.15, 0.2) is 11.5 Å². The van der Waals surface area contributed by atoms with Crippen molar-refractivity contribution in [2.24, 2.45) is 5.92 Å². The highest BCUT2D eigenvalue weighted by molar-refractivity contribution is 5.82. The van der Waals surface area contributed by atoms with Crippen LogP contribution in [0.15, 0.2) is 16.9 Å². The summed E-state index contributed by atoms with van der Waals surface area (Å²) in [5.74, 6) is 1.85.